The molecule has 2 aliphatic rings. The van der Waals surface area contributed by atoms with Gasteiger partial charge in [-0.25, -0.2) is 0 Å². The van der Waals surface area contributed by atoms with E-state index >= 15 is 0 Å². The van der Waals surface area contributed by atoms with Gasteiger partial charge in [-0.15, -0.1) is 0 Å². The van der Waals surface area contributed by atoms with E-state index in [0.29, 0.717) is 17.5 Å². The van der Waals surface area contributed by atoms with Gasteiger partial charge in [0.05, 0.1) is 0 Å². The summed E-state index contributed by atoms with van der Waals surface area (Å²) in [4.78, 5) is 27.3. The van der Waals surface area contributed by atoms with Crippen molar-refractivity contribution in [1.29, 1.82) is 0 Å². The zero-order valence-corrected chi connectivity index (χ0v) is 14.4. The van der Waals surface area contributed by atoms with Crippen LogP contribution >= 0.6 is 0 Å². The molecule has 0 unspecified atom stereocenters. The third-order valence-electron chi connectivity index (χ3n) is 5.50. The lowest BCUT2D eigenvalue weighted by Gasteiger charge is -2.41. The maximum Gasteiger partial charge on any atom is 0.263 e. The molecule has 126 valence electrons. The first-order valence-electron chi connectivity index (χ1n) is 8.75. The van der Waals surface area contributed by atoms with E-state index in [1.807, 2.05) is 18.7 Å². The van der Waals surface area contributed by atoms with Gasteiger partial charge in [0.2, 0.25) is 0 Å². The number of likely N-dealkylation sites (tertiary alicyclic amines) is 1. The van der Waals surface area contributed by atoms with Gasteiger partial charge in [-0.2, -0.15) is 0 Å². The predicted molar refractivity (Wildman–Crippen MR) is 90.8 cm³/mol. The fourth-order valence-electron chi connectivity index (χ4n) is 4.20. The average Bonchev–Trinajstić information content (AvgIpc) is 2.57. The van der Waals surface area contributed by atoms with Gasteiger partial charge in [-0.3, -0.25) is 9.59 Å². The fraction of sp³-hybridized carbons (Fsp3) is 0.667. The second-order valence-corrected chi connectivity index (χ2v) is 6.91. The molecule has 0 spiro atoms. The van der Waals surface area contributed by atoms with Crippen LogP contribution in [0.5, 0.6) is 0 Å². The summed E-state index contributed by atoms with van der Waals surface area (Å²) in [5.74, 6) is 0.432. The van der Waals surface area contributed by atoms with Crippen LogP contribution in [0.25, 0.3) is 0 Å². The van der Waals surface area contributed by atoms with Gasteiger partial charge < -0.3 is 14.8 Å². The van der Waals surface area contributed by atoms with E-state index in [9.17, 15) is 9.59 Å². The molecule has 0 saturated carbocycles. The van der Waals surface area contributed by atoms with E-state index in [4.69, 9.17) is 0 Å². The Balaban J connectivity index is 1.85. The molecule has 2 aliphatic heterocycles. The molecular weight excluding hydrogens is 290 g/mol. The Morgan fingerprint density at radius 1 is 1.39 bits per heavy atom. The van der Waals surface area contributed by atoms with E-state index in [1.54, 1.807) is 17.7 Å². The number of piperidine rings is 2. The molecule has 1 N–H and O–H groups in total. The van der Waals surface area contributed by atoms with Crippen molar-refractivity contribution in [3.8, 4) is 0 Å². The minimum atomic E-state index is -0.165. The number of carbonyl (C=O) groups is 1. The molecule has 1 aromatic rings. The molecule has 0 radical (unpaired) electrons. The summed E-state index contributed by atoms with van der Waals surface area (Å²) in [6.07, 6.45) is 4.14. The number of nitrogens with zero attached hydrogens (tertiary/aromatic N) is 2. The standard InChI is InChI=1S/C18H27N3O2/c1-4-16-12(2)10-14(17(22)20(16)3)18(23)21-9-7-15-13(11-21)6-5-8-19-15/h10,13,15,19H,4-9,11H2,1-3H3/t13-,15+/m1/s1. The minimum absolute atomic E-state index is 0.0969. The van der Waals surface area contributed by atoms with Crippen LogP contribution in [0.1, 0.15) is 47.8 Å². The van der Waals surface area contributed by atoms with Crippen molar-refractivity contribution in [3.05, 3.63) is 33.2 Å². The Morgan fingerprint density at radius 3 is 2.91 bits per heavy atom. The molecule has 2 saturated heterocycles. The number of nitrogens with one attached hydrogen (secondary N) is 1. The lowest BCUT2D eigenvalue weighted by molar-refractivity contribution is 0.0590. The molecule has 0 bridgehead atoms. The number of aromatic nitrogens is 1. The fourth-order valence-corrected chi connectivity index (χ4v) is 4.20. The molecule has 3 heterocycles. The van der Waals surface area contributed by atoms with Crippen molar-refractivity contribution in [2.45, 2.75) is 45.6 Å². The van der Waals surface area contributed by atoms with Crippen LogP contribution < -0.4 is 10.9 Å². The first-order chi connectivity index (χ1) is 11.0. The van der Waals surface area contributed by atoms with Gasteiger partial charge in [-0.05, 0) is 56.7 Å². The number of carbonyl (C=O) groups excluding carboxylic acids is 1. The van der Waals surface area contributed by atoms with Crippen LogP contribution in [0.2, 0.25) is 0 Å². The SMILES string of the molecule is CCc1c(C)cc(C(=O)N2CC[C@@H]3NCCC[C@@H]3C2)c(=O)n1C. The van der Waals surface area contributed by atoms with Crippen LogP contribution in [-0.4, -0.2) is 41.1 Å². The third kappa shape index (κ3) is 2.94. The number of hydrogen-bond acceptors (Lipinski definition) is 3. The minimum Gasteiger partial charge on any atom is -0.338 e. The Kier molecular flexibility index (Phi) is 4.57. The van der Waals surface area contributed by atoms with Crippen LogP contribution in [0.4, 0.5) is 0 Å². The van der Waals surface area contributed by atoms with Gasteiger partial charge >= 0.3 is 0 Å². The summed E-state index contributed by atoms with van der Waals surface area (Å²) in [5, 5.41) is 3.56. The van der Waals surface area contributed by atoms with Crippen molar-refractivity contribution >= 4 is 5.91 Å². The Bertz CT molecular complexity index is 665. The average molecular weight is 317 g/mol. The molecule has 5 nitrogen and oxygen atoms in total. The molecule has 23 heavy (non-hydrogen) atoms. The highest BCUT2D eigenvalue weighted by molar-refractivity contribution is 5.94. The first-order valence-corrected chi connectivity index (χ1v) is 8.75. The number of hydrogen-bond donors (Lipinski definition) is 1. The largest absolute Gasteiger partial charge is 0.338 e. The van der Waals surface area contributed by atoms with Crippen LogP contribution in [0.3, 0.4) is 0 Å². The van der Waals surface area contributed by atoms with Crippen molar-refractivity contribution < 1.29 is 4.79 Å². The van der Waals surface area contributed by atoms with Crippen LogP contribution in [-0.2, 0) is 13.5 Å². The lowest BCUT2D eigenvalue weighted by Crippen LogP contribution is -2.54. The second-order valence-electron chi connectivity index (χ2n) is 6.91. The highest BCUT2D eigenvalue weighted by Gasteiger charge is 2.34. The number of amides is 1. The third-order valence-corrected chi connectivity index (χ3v) is 5.50. The van der Waals surface area contributed by atoms with Gasteiger partial charge in [0.1, 0.15) is 5.56 Å². The maximum atomic E-state index is 12.9. The summed E-state index contributed by atoms with van der Waals surface area (Å²) in [6, 6.07) is 2.33. The summed E-state index contributed by atoms with van der Waals surface area (Å²) >= 11 is 0. The smallest absolute Gasteiger partial charge is 0.263 e. The number of rotatable bonds is 2. The van der Waals surface area contributed by atoms with Crippen LogP contribution in [0, 0.1) is 12.8 Å². The molecule has 2 fully saturated rings. The molecular formula is C18H27N3O2. The van der Waals surface area contributed by atoms with Crippen molar-refractivity contribution in [2.75, 3.05) is 19.6 Å². The Morgan fingerprint density at radius 2 is 2.17 bits per heavy atom. The van der Waals surface area contributed by atoms with E-state index in [2.05, 4.69) is 5.32 Å². The number of aryl methyl sites for hydroxylation is 1. The summed E-state index contributed by atoms with van der Waals surface area (Å²) in [7, 11) is 1.77. The Labute approximate surface area is 137 Å². The van der Waals surface area contributed by atoms with E-state index < -0.39 is 0 Å². The van der Waals surface area contributed by atoms with Crippen LogP contribution in [0.15, 0.2) is 10.9 Å². The molecule has 0 aromatic carbocycles. The van der Waals surface area contributed by atoms with E-state index in [1.165, 1.54) is 12.8 Å². The number of fused-ring (bicyclic) bond motifs is 1. The van der Waals surface area contributed by atoms with Gasteiger partial charge in [0, 0.05) is 31.9 Å². The normalized spacial score (nSPS) is 24.4. The topological polar surface area (TPSA) is 54.3 Å². The zero-order valence-electron chi connectivity index (χ0n) is 14.4. The van der Waals surface area contributed by atoms with Gasteiger partial charge in [-0.1, -0.05) is 6.92 Å². The number of pyridine rings is 1. The summed E-state index contributed by atoms with van der Waals surface area (Å²) in [5.41, 5.74) is 2.18. The Hall–Kier alpha value is -1.62. The van der Waals surface area contributed by atoms with Crippen molar-refractivity contribution in [2.24, 2.45) is 13.0 Å². The predicted octanol–water partition coefficient (Wildman–Crippen LogP) is 1.47. The summed E-state index contributed by atoms with van der Waals surface area (Å²) < 4.78 is 1.64. The zero-order chi connectivity index (χ0) is 16.6. The molecule has 1 aromatic heterocycles. The highest BCUT2D eigenvalue weighted by atomic mass is 16.2. The maximum absolute atomic E-state index is 12.9. The van der Waals surface area contributed by atoms with Crippen molar-refractivity contribution in [1.82, 2.24) is 14.8 Å². The first kappa shape index (κ1) is 16.2. The van der Waals surface area contributed by atoms with E-state index in [-0.39, 0.29) is 11.5 Å². The van der Waals surface area contributed by atoms with E-state index in [0.717, 1.165) is 43.7 Å². The van der Waals surface area contributed by atoms with Crippen molar-refractivity contribution in [3.63, 3.8) is 0 Å². The summed E-state index contributed by atoms with van der Waals surface area (Å²) in [6.45, 7) is 6.61. The quantitative estimate of drug-likeness (QED) is 0.899. The highest BCUT2D eigenvalue weighted by Crippen LogP contribution is 2.25. The molecule has 0 aliphatic carbocycles. The molecule has 2 atom stereocenters. The molecule has 1 amide bonds. The van der Waals surface area contributed by atoms with Gasteiger partial charge in [0.15, 0.2) is 0 Å². The molecule has 5 heteroatoms. The monoisotopic (exact) mass is 317 g/mol. The van der Waals surface area contributed by atoms with Gasteiger partial charge in [0.25, 0.3) is 11.5 Å². The molecule has 3 rings (SSSR count). The lowest BCUT2D eigenvalue weighted by atomic mass is 9.85. The second kappa shape index (κ2) is 6.48.